The van der Waals surface area contributed by atoms with E-state index in [0.717, 1.165) is 5.69 Å². The number of esters is 2. The number of amides is 1. The van der Waals surface area contributed by atoms with Crippen LogP contribution in [0.2, 0.25) is 0 Å². The van der Waals surface area contributed by atoms with Crippen LogP contribution in [0.5, 0.6) is 0 Å². The molecule has 0 aliphatic rings. The molecule has 6 heteroatoms. The molecule has 1 aromatic carbocycles. The van der Waals surface area contributed by atoms with Gasteiger partial charge in [0.2, 0.25) is 5.91 Å². The Hall–Kier alpha value is -2.37. The van der Waals surface area contributed by atoms with Crippen LogP contribution in [0.15, 0.2) is 30.3 Å². The summed E-state index contributed by atoms with van der Waals surface area (Å²) in [5.74, 6) is -2.56. The fraction of sp³-hybridized carbons (Fsp3) is 0.471. The van der Waals surface area contributed by atoms with Crippen LogP contribution in [0.25, 0.3) is 0 Å². The summed E-state index contributed by atoms with van der Waals surface area (Å²) in [6, 6.07) is 9.15. The van der Waals surface area contributed by atoms with E-state index in [1.165, 1.54) is 4.90 Å². The first-order chi connectivity index (χ1) is 11.0. The monoisotopic (exact) mass is 321 g/mol. The number of carbonyl (C=O) groups is 3. The maximum Gasteiger partial charge on any atom is 0.320 e. The van der Waals surface area contributed by atoms with Crippen molar-refractivity contribution in [1.29, 1.82) is 0 Å². The average Bonchev–Trinajstić information content (AvgIpc) is 2.55. The molecule has 0 heterocycles. The van der Waals surface area contributed by atoms with Crippen molar-refractivity contribution in [3.8, 4) is 0 Å². The molecule has 1 amide bonds. The molecule has 1 aromatic rings. The third-order valence-corrected chi connectivity index (χ3v) is 3.31. The van der Waals surface area contributed by atoms with Gasteiger partial charge in [-0.05, 0) is 32.4 Å². The number of ether oxygens (including phenoxy) is 2. The van der Waals surface area contributed by atoms with Crippen LogP contribution in [-0.4, -0.2) is 38.1 Å². The Morgan fingerprint density at radius 3 is 2.00 bits per heavy atom. The number of rotatable bonds is 8. The van der Waals surface area contributed by atoms with Gasteiger partial charge in [-0.2, -0.15) is 0 Å². The zero-order valence-electron chi connectivity index (χ0n) is 13.8. The van der Waals surface area contributed by atoms with Gasteiger partial charge in [-0.15, -0.1) is 0 Å². The number of hydrogen-bond donors (Lipinski definition) is 0. The molecule has 0 N–H and O–H groups in total. The highest BCUT2D eigenvalue weighted by Crippen LogP contribution is 2.16. The molecule has 1 rings (SSSR count). The molecule has 6 nitrogen and oxygen atoms in total. The van der Waals surface area contributed by atoms with Gasteiger partial charge in [0.15, 0.2) is 5.92 Å². The summed E-state index contributed by atoms with van der Waals surface area (Å²) in [7, 11) is 1.65. The van der Waals surface area contributed by atoms with Crippen LogP contribution >= 0.6 is 0 Å². The highest BCUT2D eigenvalue weighted by atomic mass is 16.6. The molecule has 0 radical (unpaired) electrons. The van der Waals surface area contributed by atoms with Crippen molar-refractivity contribution < 1.29 is 23.9 Å². The summed E-state index contributed by atoms with van der Waals surface area (Å²) < 4.78 is 9.77. The van der Waals surface area contributed by atoms with E-state index in [2.05, 4.69) is 0 Å². The normalized spacial score (nSPS) is 10.3. The van der Waals surface area contributed by atoms with Gasteiger partial charge in [-0.25, -0.2) is 0 Å². The van der Waals surface area contributed by atoms with E-state index < -0.39 is 17.9 Å². The molecule has 0 aromatic heterocycles. The number of nitrogens with zero attached hydrogens (tertiary/aromatic N) is 1. The van der Waals surface area contributed by atoms with Crippen LogP contribution in [0.1, 0.15) is 26.7 Å². The lowest BCUT2D eigenvalue weighted by Gasteiger charge is -2.19. The summed E-state index contributed by atoms with van der Waals surface area (Å²) in [6.07, 6.45) is 0.112. The van der Waals surface area contributed by atoms with Crippen molar-refractivity contribution in [2.24, 2.45) is 5.92 Å². The Bertz CT molecular complexity index is 511. The molecule has 0 spiro atoms. The van der Waals surface area contributed by atoms with Gasteiger partial charge < -0.3 is 14.4 Å². The van der Waals surface area contributed by atoms with Gasteiger partial charge in [0.1, 0.15) is 0 Å². The summed E-state index contributed by atoms with van der Waals surface area (Å²) in [4.78, 5) is 37.5. The minimum Gasteiger partial charge on any atom is -0.465 e. The first kappa shape index (κ1) is 18.7. The largest absolute Gasteiger partial charge is 0.465 e. The SMILES string of the molecule is CCOC(=O)C(CCC(=O)N(C)c1ccccc1)C(=O)OCC. The summed E-state index contributed by atoms with van der Waals surface area (Å²) in [6.45, 7) is 3.67. The zero-order chi connectivity index (χ0) is 17.2. The molecule has 0 aliphatic carbocycles. The molecule has 0 saturated carbocycles. The molecular weight excluding hydrogens is 298 g/mol. The Morgan fingerprint density at radius 1 is 1.00 bits per heavy atom. The second-order valence-corrected chi connectivity index (χ2v) is 4.88. The minimum absolute atomic E-state index is 0.0493. The maximum absolute atomic E-state index is 12.2. The van der Waals surface area contributed by atoms with E-state index in [9.17, 15) is 14.4 Å². The summed E-state index contributed by atoms with van der Waals surface area (Å²) >= 11 is 0. The highest BCUT2D eigenvalue weighted by Gasteiger charge is 2.30. The second-order valence-electron chi connectivity index (χ2n) is 4.88. The van der Waals surface area contributed by atoms with Gasteiger partial charge in [0.25, 0.3) is 0 Å². The Morgan fingerprint density at radius 2 is 1.52 bits per heavy atom. The average molecular weight is 321 g/mol. The van der Waals surface area contributed by atoms with Crippen molar-refractivity contribution in [2.75, 3.05) is 25.2 Å². The van der Waals surface area contributed by atoms with Gasteiger partial charge in [-0.3, -0.25) is 14.4 Å². The Labute approximate surface area is 136 Å². The van der Waals surface area contributed by atoms with Crippen LogP contribution in [0.4, 0.5) is 5.69 Å². The number of carbonyl (C=O) groups excluding carboxylic acids is 3. The topological polar surface area (TPSA) is 72.9 Å². The summed E-state index contributed by atoms with van der Waals surface area (Å²) in [5, 5.41) is 0. The molecule has 23 heavy (non-hydrogen) atoms. The van der Waals surface area contributed by atoms with E-state index in [0.29, 0.717) is 0 Å². The van der Waals surface area contributed by atoms with Crippen LogP contribution < -0.4 is 4.90 Å². The predicted octanol–water partition coefficient (Wildman–Crippen LogP) is 2.17. The lowest BCUT2D eigenvalue weighted by atomic mass is 10.0. The second kappa shape index (κ2) is 9.61. The third kappa shape index (κ3) is 5.73. The van der Waals surface area contributed by atoms with Gasteiger partial charge in [-0.1, -0.05) is 18.2 Å². The molecule has 0 aliphatic heterocycles. The van der Waals surface area contributed by atoms with Crippen LogP contribution in [0, 0.1) is 5.92 Å². The van der Waals surface area contributed by atoms with Crippen molar-refractivity contribution in [1.82, 2.24) is 0 Å². The predicted molar refractivity (Wildman–Crippen MR) is 85.8 cm³/mol. The van der Waals surface area contributed by atoms with Gasteiger partial charge in [0, 0.05) is 19.2 Å². The summed E-state index contributed by atoms with van der Waals surface area (Å²) in [5.41, 5.74) is 0.751. The van der Waals surface area contributed by atoms with Crippen LogP contribution in [0.3, 0.4) is 0 Å². The van der Waals surface area contributed by atoms with Crippen LogP contribution in [-0.2, 0) is 23.9 Å². The standard InChI is InChI=1S/C17H23NO5/c1-4-22-16(20)14(17(21)23-5-2)11-12-15(19)18(3)13-9-7-6-8-10-13/h6-10,14H,4-5,11-12H2,1-3H3. The van der Waals surface area contributed by atoms with E-state index in [4.69, 9.17) is 9.47 Å². The maximum atomic E-state index is 12.2. The van der Waals surface area contributed by atoms with E-state index in [1.54, 1.807) is 20.9 Å². The zero-order valence-corrected chi connectivity index (χ0v) is 13.8. The lowest BCUT2D eigenvalue weighted by Crippen LogP contribution is -2.31. The van der Waals surface area contributed by atoms with Gasteiger partial charge in [0.05, 0.1) is 13.2 Å². The van der Waals surface area contributed by atoms with E-state index >= 15 is 0 Å². The van der Waals surface area contributed by atoms with Crippen molar-refractivity contribution >= 4 is 23.5 Å². The number of benzene rings is 1. The minimum atomic E-state index is -1.07. The van der Waals surface area contributed by atoms with Crippen molar-refractivity contribution in [2.45, 2.75) is 26.7 Å². The third-order valence-electron chi connectivity index (χ3n) is 3.31. The number of anilines is 1. The number of hydrogen-bond acceptors (Lipinski definition) is 5. The lowest BCUT2D eigenvalue weighted by molar-refractivity contribution is -0.161. The Balaban J connectivity index is 2.67. The molecular formula is C17H23NO5. The first-order valence-corrected chi connectivity index (χ1v) is 7.66. The van der Waals surface area contributed by atoms with E-state index in [-0.39, 0.29) is 32.0 Å². The number of para-hydroxylation sites is 1. The fourth-order valence-corrected chi connectivity index (χ4v) is 2.05. The van der Waals surface area contributed by atoms with Crippen molar-refractivity contribution in [3.63, 3.8) is 0 Å². The van der Waals surface area contributed by atoms with E-state index in [1.807, 2.05) is 30.3 Å². The highest BCUT2D eigenvalue weighted by molar-refractivity contribution is 5.97. The molecule has 0 saturated heterocycles. The molecule has 0 unspecified atom stereocenters. The smallest absolute Gasteiger partial charge is 0.320 e. The molecule has 0 fully saturated rings. The molecule has 0 bridgehead atoms. The first-order valence-electron chi connectivity index (χ1n) is 7.66. The molecule has 0 atom stereocenters. The van der Waals surface area contributed by atoms with Gasteiger partial charge >= 0.3 is 11.9 Å². The quantitative estimate of drug-likeness (QED) is 0.542. The Kier molecular flexibility index (Phi) is 7.80. The fourth-order valence-electron chi connectivity index (χ4n) is 2.05. The van der Waals surface area contributed by atoms with Crippen molar-refractivity contribution in [3.05, 3.63) is 30.3 Å². The molecule has 126 valence electrons.